The molecule has 1 aromatic carbocycles. The van der Waals surface area contributed by atoms with E-state index in [-0.39, 0.29) is 17.2 Å². The van der Waals surface area contributed by atoms with Crippen LogP contribution in [0, 0.1) is 5.82 Å². The van der Waals surface area contributed by atoms with Crippen LogP contribution in [0.3, 0.4) is 0 Å². The smallest absolute Gasteiger partial charge is 0.270 e. The van der Waals surface area contributed by atoms with E-state index in [1.807, 2.05) is 0 Å². The lowest BCUT2D eigenvalue weighted by molar-refractivity contribution is 0.0936. The third kappa shape index (κ3) is 4.44. The van der Waals surface area contributed by atoms with Gasteiger partial charge in [-0.1, -0.05) is 13.0 Å². The van der Waals surface area contributed by atoms with Gasteiger partial charge in [-0.2, -0.15) is 0 Å². The van der Waals surface area contributed by atoms with Gasteiger partial charge >= 0.3 is 0 Å². The molecule has 0 spiro atoms. The lowest BCUT2D eigenvalue weighted by atomic mass is 10.2. The number of benzene rings is 1. The Labute approximate surface area is 155 Å². The lowest BCUT2D eigenvalue weighted by Gasteiger charge is -2.22. The first-order chi connectivity index (χ1) is 12.6. The summed E-state index contributed by atoms with van der Waals surface area (Å²) in [6.45, 7) is 4.76. The Bertz CT molecular complexity index is 795. The van der Waals surface area contributed by atoms with Crippen molar-refractivity contribution < 1.29 is 14.0 Å². The van der Waals surface area contributed by atoms with Crippen molar-refractivity contribution in [2.45, 2.75) is 25.8 Å². The number of likely N-dealkylation sites (tertiary alicyclic amines) is 1. The predicted octanol–water partition coefficient (Wildman–Crippen LogP) is 2.75. The van der Waals surface area contributed by atoms with Crippen LogP contribution in [-0.4, -0.2) is 47.4 Å². The van der Waals surface area contributed by atoms with Gasteiger partial charge in [0.25, 0.3) is 11.8 Å². The molecule has 0 saturated carbocycles. The van der Waals surface area contributed by atoms with Crippen molar-refractivity contribution in [3.8, 4) is 0 Å². The average Bonchev–Trinajstić information content (AvgIpc) is 3.28. The van der Waals surface area contributed by atoms with Crippen LogP contribution in [0.5, 0.6) is 0 Å². The number of likely N-dealkylation sites (N-methyl/N-ethyl adjacent to an activating group) is 1. The molecule has 138 valence electrons. The molecule has 0 unspecified atom stereocenters. The Morgan fingerprint density at radius 3 is 3.00 bits per heavy atom. The molecular weight excluding hydrogens is 355 g/mol. The van der Waals surface area contributed by atoms with E-state index in [0.29, 0.717) is 17.7 Å². The quantitative estimate of drug-likeness (QED) is 0.813. The van der Waals surface area contributed by atoms with Gasteiger partial charge in [0.2, 0.25) is 0 Å². The standard InChI is InChI=1S/C18H21FN4O2S/c1-2-23-8-4-7-14(23)10-20-17(25)15-11-26-18(21-15)22-16(24)12-5-3-6-13(19)9-12/h3,5-6,9,11,14H,2,4,7-8,10H2,1H3,(H,20,25)(H,21,22,24)/t14-/m0/s1. The van der Waals surface area contributed by atoms with Gasteiger partial charge in [-0.25, -0.2) is 9.37 Å². The number of anilines is 1. The fourth-order valence-corrected chi connectivity index (χ4v) is 3.76. The van der Waals surface area contributed by atoms with Crippen LogP contribution in [0.1, 0.15) is 40.6 Å². The molecule has 0 aliphatic carbocycles. The lowest BCUT2D eigenvalue weighted by Crippen LogP contribution is -2.40. The van der Waals surface area contributed by atoms with E-state index in [9.17, 15) is 14.0 Å². The molecule has 1 saturated heterocycles. The van der Waals surface area contributed by atoms with Gasteiger partial charge in [-0.3, -0.25) is 19.8 Å². The normalized spacial score (nSPS) is 17.2. The number of hydrogen-bond acceptors (Lipinski definition) is 5. The number of amides is 2. The van der Waals surface area contributed by atoms with Gasteiger partial charge in [-0.05, 0) is 44.1 Å². The highest BCUT2D eigenvalue weighted by Crippen LogP contribution is 2.18. The minimum Gasteiger partial charge on any atom is -0.349 e. The summed E-state index contributed by atoms with van der Waals surface area (Å²) in [6, 6.07) is 5.77. The monoisotopic (exact) mass is 376 g/mol. The largest absolute Gasteiger partial charge is 0.349 e. The van der Waals surface area contributed by atoms with Crippen molar-refractivity contribution >= 4 is 28.3 Å². The summed E-state index contributed by atoms with van der Waals surface area (Å²) in [7, 11) is 0. The zero-order valence-electron chi connectivity index (χ0n) is 14.5. The maximum absolute atomic E-state index is 13.2. The molecular formula is C18H21FN4O2S. The predicted molar refractivity (Wildman–Crippen MR) is 99.1 cm³/mol. The molecule has 2 aromatic rings. The SMILES string of the molecule is CCN1CCC[C@H]1CNC(=O)c1csc(NC(=O)c2cccc(F)c2)n1. The summed E-state index contributed by atoms with van der Waals surface area (Å²) >= 11 is 1.16. The summed E-state index contributed by atoms with van der Waals surface area (Å²) in [5.74, 6) is -1.20. The van der Waals surface area contributed by atoms with Crippen LogP contribution in [0.4, 0.5) is 9.52 Å². The third-order valence-corrected chi connectivity index (χ3v) is 5.21. The van der Waals surface area contributed by atoms with Crippen molar-refractivity contribution in [1.29, 1.82) is 0 Å². The molecule has 6 nitrogen and oxygen atoms in total. The maximum atomic E-state index is 13.2. The number of nitrogens with zero attached hydrogens (tertiary/aromatic N) is 2. The number of rotatable bonds is 6. The summed E-state index contributed by atoms with van der Waals surface area (Å²) in [5.41, 5.74) is 0.470. The molecule has 2 amide bonds. The van der Waals surface area contributed by atoms with E-state index >= 15 is 0 Å². The Morgan fingerprint density at radius 2 is 2.23 bits per heavy atom. The van der Waals surface area contributed by atoms with Crippen LogP contribution in [0.2, 0.25) is 0 Å². The second-order valence-corrected chi connectivity index (χ2v) is 7.00. The fourth-order valence-electron chi connectivity index (χ4n) is 3.08. The molecule has 26 heavy (non-hydrogen) atoms. The first-order valence-corrected chi connectivity index (χ1v) is 9.49. The highest BCUT2D eigenvalue weighted by Gasteiger charge is 2.23. The minimum absolute atomic E-state index is 0.201. The molecule has 1 aliphatic rings. The van der Waals surface area contributed by atoms with Crippen LogP contribution in [-0.2, 0) is 0 Å². The average molecular weight is 376 g/mol. The summed E-state index contributed by atoms with van der Waals surface area (Å²) in [6.07, 6.45) is 2.24. The van der Waals surface area contributed by atoms with Gasteiger partial charge < -0.3 is 5.32 Å². The number of hydrogen-bond donors (Lipinski definition) is 2. The topological polar surface area (TPSA) is 74.3 Å². The van der Waals surface area contributed by atoms with Crippen LogP contribution in [0.25, 0.3) is 0 Å². The van der Waals surface area contributed by atoms with Crippen LogP contribution < -0.4 is 10.6 Å². The molecule has 0 bridgehead atoms. The van der Waals surface area contributed by atoms with E-state index in [4.69, 9.17) is 0 Å². The number of halogens is 1. The molecule has 0 radical (unpaired) electrons. The maximum Gasteiger partial charge on any atom is 0.270 e. The van der Waals surface area contributed by atoms with E-state index in [1.54, 1.807) is 5.38 Å². The van der Waals surface area contributed by atoms with Gasteiger partial charge in [0.15, 0.2) is 5.13 Å². The Morgan fingerprint density at radius 1 is 1.38 bits per heavy atom. The third-order valence-electron chi connectivity index (χ3n) is 4.45. The highest BCUT2D eigenvalue weighted by atomic mass is 32.1. The number of carbonyl (C=O) groups is 2. The number of carbonyl (C=O) groups excluding carboxylic acids is 2. The zero-order valence-corrected chi connectivity index (χ0v) is 15.3. The van der Waals surface area contributed by atoms with Crippen molar-refractivity contribution in [2.24, 2.45) is 0 Å². The second kappa shape index (κ2) is 8.37. The van der Waals surface area contributed by atoms with Gasteiger partial charge in [0.05, 0.1) is 0 Å². The Kier molecular flexibility index (Phi) is 5.95. The molecule has 3 rings (SSSR count). The molecule has 8 heteroatoms. The van der Waals surface area contributed by atoms with Crippen LogP contribution in [0.15, 0.2) is 29.6 Å². The molecule has 1 atom stereocenters. The van der Waals surface area contributed by atoms with E-state index in [2.05, 4.69) is 27.4 Å². The first kappa shape index (κ1) is 18.5. The van der Waals surface area contributed by atoms with E-state index in [0.717, 1.165) is 43.3 Å². The first-order valence-electron chi connectivity index (χ1n) is 8.61. The number of thiazole rings is 1. The van der Waals surface area contributed by atoms with Gasteiger partial charge in [0, 0.05) is 23.5 Å². The van der Waals surface area contributed by atoms with Gasteiger partial charge in [0.1, 0.15) is 11.5 Å². The van der Waals surface area contributed by atoms with Gasteiger partial charge in [-0.15, -0.1) is 11.3 Å². The fraction of sp³-hybridized carbons (Fsp3) is 0.389. The van der Waals surface area contributed by atoms with Crippen molar-refractivity contribution in [1.82, 2.24) is 15.2 Å². The molecule has 2 N–H and O–H groups in total. The van der Waals surface area contributed by atoms with Crippen molar-refractivity contribution in [2.75, 3.05) is 25.0 Å². The zero-order chi connectivity index (χ0) is 18.5. The molecule has 1 aliphatic heterocycles. The van der Waals surface area contributed by atoms with Crippen LogP contribution >= 0.6 is 11.3 Å². The Balaban J connectivity index is 1.55. The Hall–Kier alpha value is -2.32. The van der Waals surface area contributed by atoms with Crippen molar-refractivity contribution in [3.05, 3.63) is 46.7 Å². The van der Waals surface area contributed by atoms with Crippen molar-refractivity contribution in [3.63, 3.8) is 0 Å². The molecule has 1 fully saturated rings. The highest BCUT2D eigenvalue weighted by molar-refractivity contribution is 7.14. The minimum atomic E-state index is -0.482. The molecule has 2 heterocycles. The summed E-state index contributed by atoms with van der Waals surface area (Å²) in [5, 5.41) is 7.41. The number of aromatic nitrogens is 1. The second-order valence-electron chi connectivity index (χ2n) is 6.14. The summed E-state index contributed by atoms with van der Waals surface area (Å²) < 4.78 is 13.2. The number of nitrogens with one attached hydrogen (secondary N) is 2. The van der Waals surface area contributed by atoms with E-state index in [1.165, 1.54) is 18.2 Å². The molecule has 1 aromatic heterocycles. The summed E-state index contributed by atoms with van der Waals surface area (Å²) in [4.78, 5) is 30.9. The van der Waals surface area contributed by atoms with E-state index < -0.39 is 11.7 Å².